The lowest BCUT2D eigenvalue weighted by molar-refractivity contribution is -0.115. The lowest BCUT2D eigenvalue weighted by Crippen LogP contribution is -2.27. The van der Waals surface area contributed by atoms with Crippen molar-refractivity contribution in [1.82, 2.24) is 5.32 Å². The quantitative estimate of drug-likeness (QED) is 0.630. The largest absolute Gasteiger partial charge is 0.333 e. The molecule has 0 saturated carbocycles. The van der Waals surface area contributed by atoms with Crippen molar-refractivity contribution in [2.45, 2.75) is 0 Å². The fourth-order valence-corrected chi connectivity index (χ4v) is 2.79. The number of urea groups is 1. The van der Waals surface area contributed by atoms with Gasteiger partial charge in [0.15, 0.2) is 0 Å². The van der Waals surface area contributed by atoms with Gasteiger partial charge in [0.1, 0.15) is 5.70 Å². The van der Waals surface area contributed by atoms with Crippen LogP contribution in [0.3, 0.4) is 0 Å². The van der Waals surface area contributed by atoms with Gasteiger partial charge in [-0.3, -0.25) is 15.0 Å². The molecule has 1 aliphatic heterocycles. The molecule has 1 heterocycles. The number of nitrogens with one attached hydrogen (secondary N) is 1. The molecule has 0 atom stereocenters. The van der Waals surface area contributed by atoms with Crippen LogP contribution in [0.2, 0.25) is 5.02 Å². The highest BCUT2D eigenvalue weighted by Crippen LogP contribution is 2.27. The molecule has 0 aliphatic carbocycles. The summed E-state index contributed by atoms with van der Waals surface area (Å²) in [5, 5.41) is 2.79. The van der Waals surface area contributed by atoms with Crippen LogP contribution in [0.4, 0.5) is 10.5 Å². The Labute approximate surface area is 140 Å². The molecular formula is C16H10BrClN2O2. The van der Waals surface area contributed by atoms with Crippen LogP contribution in [-0.4, -0.2) is 11.9 Å². The fraction of sp³-hybridized carbons (Fsp3) is 0. The molecule has 2 aromatic carbocycles. The summed E-state index contributed by atoms with van der Waals surface area (Å²) in [6, 6.07) is 13.7. The van der Waals surface area contributed by atoms with Crippen LogP contribution in [0.1, 0.15) is 5.56 Å². The minimum atomic E-state index is -0.492. The van der Waals surface area contributed by atoms with E-state index in [0.717, 1.165) is 10.0 Å². The molecule has 0 bridgehead atoms. The summed E-state index contributed by atoms with van der Waals surface area (Å²) in [6.45, 7) is 0. The van der Waals surface area contributed by atoms with Gasteiger partial charge in [-0.15, -0.1) is 0 Å². The summed E-state index contributed by atoms with van der Waals surface area (Å²) in [7, 11) is 0. The van der Waals surface area contributed by atoms with E-state index in [1.54, 1.807) is 30.3 Å². The zero-order valence-electron chi connectivity index (χ0n) is 11.2. The van der Waals surface area contributed by atoms with Gasteiger partial charge in [-0.25, -0.2) is 4.79 Å². The normalized spacial score (nSPS) is 16.3. The minimum Gasteiger partial charge on any atom is -0.272 e. The van der Waals surface area contributed by atoms with E-state index in [-0.39, 0.29) is 5.70 Å². The number of benzene rings is 2. The fourth-order valence-electron chi connectivity index (χ4n) is 2.18. The van der Waals surface area contributed by atoms with Gasteiger partial charge < -0.3 is 0 Å². The van der Waals surface area contributed by atoms with E-state index in [9.17, 15) is 9.59 Å². The molecule has 22 heavy (non-hydrogen) atoms. The second-order valence-corrected chi connectivity index (χ2v) is 6.01. The van der Waals surface area contributed by atoms with Crippen molar-refractivity contribution >= 4 is 51.2 Å². The summed E-state index contributed by atoms with van der Waals surface area (Å²) >= 11 is 9.35. The molecule has 0 radical (unpaired) electrons. The zero-order chi connectivity index (χ0) is 15.7. The maximum absolute atomic E-state index is 12.1. The lowest BCUT2D eigenvalue weighted by atomic mass is 10.2. The lowest BCUT2D eigenvalue weighted by Gasteiger charge is -2.15. The third-order valence-corrected chi connectivity index (χ3v) is 3.84. The molecule has 0 spiro atoms. The van der Waals surface area contributed by atoms with Crippen LogP contribution in [0.25, 0.3) is 6.08 Å². The summed E-state index contributed by atoms with van der Waals surface area (Å²) in [6.07, 6.45) is 1.66. The first-order chi connectivity index (χ1) is 10.5. The molecule has 1 aliphatic rings. The second kappa shape index (κ2) is 5.94. The third-order valence-electron chi connectivity index (χ3n) is 3.12. The van der Waals surface area contributed by atoms with Gasteiger partial charge in [-0.05, 0) is 42.0 Å². The van der Waals surface area contributed by atoms with Crippen LogP contribution < -0.4 is 10.2 Å². The predicted molar refractivity (Wildman–Crippen MR) is 89.6 cm³/mol. The smallest absolute Gasteiger partial charge is 0.272 e. The first kappa shape index (κ1) is 14.8. The Morgan fingerprint density at radius 1 is 1.09 bits per heavy atom. The summed E-state index contributed by atoms with van der Waals surface area (Å²) in [5.74, 6) is -0.440. The average Bonchev–Trinajstić information content (AvgIpc) is 2.73. The Morgan fingerprint density at radius 3 is 2.59 bits per heavy atom. The predicted octanol–water partition coefficient (Wildman–Crippen LogP) is 4.20. The molecule has 3 rings (SSSR count). The first-order valence-electron chi connectivity index (χ1n) is 6.43. The number of anilines is 1. The second-order valence-electron chi connectivity index (χ2n) is 4.66. The molecule has 1 N–H and O–H groups in total. The van der Waals surface area contributed by atoms with Gasteiger partial charge in [0.2, 0.25) is 0 Å². The number of hydrogen-bond donors (Lipinski definition) is 1. The highest BCUT2D eigenvalue weighted by molar-refractivity contribution is 9.10. The average molecular weight is 378 g/mol. The minimum absolute atomic E-state index is 0.255. The molecule has 3 amide bonds. The Bertz CT molecular complexity index is 804. The summed E-state index contributed by atoms with van der Waals surface area (Å²) in [4.78, 5) is 25.4. The van der Waals surface area contributed by atoms with Gasteiger partial charge in [-0.1, -0.05) is 45.7 Å². The van der Waals surface area contributed by atoms with E-state index >= 15 is 0 Å². The van der Waals surface area contributed by atoms with E-state index in [4.69, 9.17) is 11.6 Å². The number of halogens is 2. The van der Waals surface area contributed by atoms with Gasteiger partial charge in [-0.2, -0.15) is 0 Å². The number of hydrogen-bond acceptors (Lipinski definition) is 2. The number of carbonyl (C=O) groups is 2. The maximum atomic E-state index is 12.1. The molecule has 1 saturated heterocycles. The number of amides is 3. The number of carbonyl (C=O) groups excluding carboxylic acids is 2. The van der Waals surface area contributed by atoms with Crippen molar-refractivity contribution in [1.29, 1.82) is 0 Å². The van der Waals surface area contributed by atoms with Gasteiger partial charge in [0, 0.05) is 9.50 Å². The molecular weight excluding hydrogens is 368 g/mol. The Kier molecular flexibility index (Phi) is 4.00. The molecule has 2 aromatic rings. The summed E-state index contributed by atoms with van der Waals surface area (Å²) in [5.41, 5.74) is 1.60. The summed E-state index contributed by atoms with van der Waals surface area (Å²) < 4.78 is 0.890. The van der Waals surface area contributed by atoms with Crippen molar-refractivity contribution in [3.8, 4) is 0 Å². The Hall–Kier alpha value is -2.11. The van der Waals surface area contributed by atoms with Crippen LogP contribution in [0.15, 0.2) is 58.7 Å². The third kappa shape index (κ3) is 2.91. The number of rotatable bonds is 2. The van der Waals surface area contributed by atoms with Gasteiger partial charge in [0.05, 0.1) is 5.69 Å². The van der Waals surface area contributed by atoms with E-state index in [2.05, 4.69) is 21.2 Å². The molecule has 6 heteroatoms. The SMILES string of the molecule is O=C1NC(=O)N(c2cccc(Cl)c2)/C1=C/c1cccc(Br)c1. The highest BCUT2D eigenvalue weighted by Gasteiger charge is 2.34. The van der Waals surface area contributed by atoms with E-state index in [1.807, 2.05) is 24.3 Å². The van der Waals surface area contributed by atoms with Gasteiger partial charge >= 0.3 is 6.03 Å². The molecule has 1 fully saturated rings. The van der Waals surface area contributed by atoms with Crippen LogP contribution in [0, 0.1) is 0 Å². The van der Waals surface area contributed by atoms with Crippen molar-refractivity contribution in [2.24, 2.45) is 0 Å². The Balaban J connectivity index is 2.07. The van der Waals surface area contributed by atoms with Crippen LogP contribution in [-0.2, 0) is 4.79 Å². The maximum Gasteiger partial charge on any atom is 0.333 e. The van der Waals surface area contributed by atoms with Crippen molar-refractivity contribution in [3.05, 3.63) is 69.3 Å². The van der Waals surface area contributed by atoms with Gasteiger partial charge in [0.25, 0.3) is 5.91 Å². The number of imide groups is 1. The van der Waals surface area contributed by atoms with E-state index < -0.39 is 11.9 Å². The van der Waals surface area contributed by atoms with Crippen molar-refractivity contribution in [2.75, 3.05) is 4.90 Å². The highest BCUT2D eigenvalue weighted by atomic mass is 79.9. The number of nitrogens with zero attached hydrogens (tertiary/aromatic N) is 1. The van der Waals surface area contributed by atoms with Crippen molar-refractivity contribution in [3.63, 3.8) is 0 Å². The van der Waals surface area contributed by atoms with E-state index in [0.29, 0.717) is 10.7 Å². The Morgan fingerprint density at radius 2 is 1.86 bits per heavy atom. The molecule has 0 aromatic heterocycles. The first-order valence-corrected chi connectivity index (χ1v) is 7.60. The van der Waals surface area contributed by atoms with Crippen LogP contribution >= 0.6 is 27.5 Å². The zero-order valence-corrected chi connectivity index (χ0v) is 13.6. The topological polar surface area (TPSA) is 49.4 Å². The van der Waals surface area contributed by atoms with Crippen molar-refractivity contribution < 1.29 is 9.59 Å². The molecule has 110 valence electrons. The standard InChI is InChI=1S/C16H10BrClN2O2/c17-11-4-1-3-10(7-11)8-14-15(21)19-16(22)20(14)13-6-2-5-12(18)9-13/h1-9H,(H,19,21,22)/b14-8+. The van der Waals surface area contributed by atoms with E-state index in [1.165, 1.54) is 4.90 Å². The monoisotopic (exact) mass is 376 g/mol. The molecule has 4 nitrogen and oxygen atoms in total. The van der Waals surface area contributed by atoms with Crippen LogP contribution in [0.5, 0.6) is 0 Å². The molecule has 0 unspecified atom stereocenters.